The molecule has 3 N–H and O–H groups in total. The molecule has 0 saturated carbocycles. The van der Waals surface area contributed by atoms with Crippen LogP contribution in [-0.2, 0) is 17.8 Å². The van der Waals surface area contributed by atoms with Crippen LogP contribution in [0.15, 0.2) is 84.0 Å². The van der Waals surface area contributed by atoms with E-state index in [1.807, 2.05) is 78.9 Å². The van der Waals surface area contributed by atoms with Gasteiger partial charge in [0.25, 0.3) is 0 Å². The van der Waals surface area contributed by atoms with Crippen LogP contribution in [0.2, 0.25) is 5.02 Å². The first-order valence-corrected chi connectivity index (χ1v) is 11.9. The fourth-order valence-corrected chi connectivity index (χ4v) is 4.19. The maximum Gasteiger partial charge on any atom is 0.313 e. The lowest BCUT2D eigenvalue weighted by atomic mass is 10.1. The molecule has 3 aromatic carbocycles. The number of halogens is 1. The van der Waals surface area contributed by atoms with Gasteiger partial charge in [-0.3, -0.25) is 9.36 Å². The summed E-state index contributed by atoms with van der Waals surface area (Å²) in [5.74, 6) is 0.187. The molecule has 0 amide bonds. The van der Waals surface area contributed by atoms with Gasteiger partial charge < -0.3 is 15.6 Å². The Labute approximate surface area is 206 Å². The van der Waals surface area contributed by atoms with Gasteiger partial charge in [-0.05, 0) is 53.9 Å². The predicted molar refractivity (Wildman–Crippen MR) is 133 cm³/mol. The summed E-state index contributed by atoms with van der Waals surface area (Å²) in [5, 5.41) is 18.8. The van der Waals surface area contributed by atoms with Crippen molar-refractivity contribution >= 4 is 29.3 Å². The van der Waals surface area contributed by atoms with Crippen molar-refractivity contribution in [3.05, 3.63) is 101 Å². The molecular weight excluding hydrogens is 472 g/mol. The zero-order valence-corrected chi connectivity index (χ0v) is 19.7. The quantitative estimate of drug-likeness (QED) is 0.301. The minimum Gasteiger partial charge on any atom is -0.489 e. The number of aromatic nitrogens is 3. The van der Waals surface area contributed by atoms with Gasteiger partial charge in [-0.1, -0.05) is 65.8 Å². The van der Waals surface area contributed by atoms with Crippen molar-refractivity contribution in [1.82, 2.24) is 14.8 Å². The van der Waals surface area contributed by atoms with Crippen molar-refractivity contribution < 1.29 is 14.6 Å². The number of nitrogens with zero attached hydrogens (tertiary/aromatic N) is 3. The van der Waals surface area contributed by atoms with Crippen LogP contribution < -0.4 is 10.5 Å². The molecule has 0 fully saturated rings. The number of carboxylic acid groups (broad SMARTS) is 1. The number of carboxylic acids is 1. The van der Waals surface area contributed by atoms with E-state index in [0.29, 0.717) is 34.8 Å². The van der Waals surface area contributed by atoms with Gasteiger partial charge >= 0.3 is 5.97 Å². The Hall–Kier alpha value is -3.33. The van der Waals surface area contributed by atoms with E-state index in [1.165, 1.54) is 0 Å². The first kappa shape index (κ1) is 23.8. The van der Waals surface area contributed by atoms with E-state index in [-0.39, 0.29) is 5.75 Å². The van der Waals surface area contributed by atoms with Crippen LogP contribution in [-0.4, -0.2) is 31.6 Å². The van der Waals surface area contributed by atoms with E-state index in [1.54, 1.807) is 4.57 Å². The number of hydrogen-bond acceptors (Lipinski definition) is 6. The number of benzene rings is 3. The van der Waals surface area contributed by atoms with Crippen molar-refractivity contribution in [3.63, 3.8) is 0 Å². The van der Waals surface area contributed by atoms with Crippen LogP contribution in [0.3, 0.4) is 0 Å². The molecule has 1 heterocycles. The third-order valence-corrected chi connectivity index (χ3v) is 6.19. The lowest BCUT2D eigenvalue weighted by Gasteiger charge is -2.15. The fourth-order valence-electron chi connectivity index (χ4n) is 3.38. The number of carbonyl (C=O) groups is 1. The Morgan fingerprint density at radius 3 is 2.38 bits per heavy atom. The van der Waals surface area contributed by atoms with Crippen molar-refractivity contribution in [2.45, 2.75) is 24.2 Å². The standard InChI is InChI=1S/C25H23ClN4O3S/c26-19-8-6-17(7-9-19)14-22(27)24-28-29-25(34-16-23(31)32)30(24)20-10-12-21(13-11-20)33-15-18-4-2-1-3-5-18/h1-13,22H,14-16,27H2,(H,31,32). The lowest BCUT2D eigenvalue weighted by molar-refractivity contribution is -0.133. The van der Waals surface area contributed by atoms with Crippen molar-refractivity contribution in [1.29, 1.82) is 0 Å². The molecule has 4 aromatic rings. The van der Waals surface area contributed by atoms with E-state index in [4.69, 9.17) is 27.2 Å². The molecule has 174 valence electrons. The van der Waals surface area contributed by atoms with Crippen LogP contribution in [0.4, 0.5) is 0 Å². The molecule has 0 aliphatic carbocycles. The summed E-state index contributed by atoms with van der Waals surface area (Å²) < 4.78 is 7.68. The molecule has 7 nitrogen and oxygen atoms in total. The third kappa shape index (κ3) is 6.17. The molecule has 1 atom stereocenters. The first-order chi connectivity index (χ1) is 16.5. The summed E-state index contributed by atoms with van der Waals surface area (Å²) in [4.78, 5) is 11.1. The van der Waals surface area contributed by atoms with E-state index >= 15 is 0 Å². The SMILES string of the molecule is NC(Cc1ccc(Cl)cc1)c1nnc(SCC(=O)O)n1-c1ccc(OCc2ccccc2)cc1. The Morgan fingerprint density at radius 1 is 1.00 bits per heavy atom. The van der Waals surface area contributed by atoms with Gasteiger partial charge in [-0.25, -0.2) is 0 Å². The predicted octanol–water partition coefficient (Wildman–Crippen LogP) is 4.92. The van der Waals surface area contributed by atoms with Gasteiger partial charge in [0, 0.05) is 10.7 Å². The Bertz CT molecular complexity index is 1230. The summed E-state index contributed by atoms with van der Waals surface area (Å²) in [5.41, 5.74) is 9.36. The maximum absolute atomic E-state index is 11.1. The maximum atomic E-state index is 11.1. The average Bonchev–Trinajstić information content (AvgIpc) is 3.28. The van der Waals surface area contributed by atoms with Crippen molar-refractivity contribution in [3.8, 4) is 11.4 Å². The third-order valence-electron chi connectivity index (χ3n) is 5.03. The first-order valence-electron chi connectivity index (χ1n) is 10.6. The smallest absolute Gasteiger partial charge is 0.313 e. The molecule has 1 unspecified atom stereocenters. The molecule has 0 radical (unpaired) electrons. The van der Waals surface area contributed by atoms with Crippen LogP contribution in [0.5, 0.6) is 5.75 Å². The minimum absolute atomic E-state index is 0.136. The van der Waals surface area contributed by atoms with Gasteiger partial charge in [-0.15, -0.1) is 10.2 Å². The zero-order chi connectivity index (χ0) is 23.9. The Morgan fingerprint density at radius 2 is 1.71 bits per heavy atom. The average molecular weight is 495 g/mol. The van der Waals surface area contributed by atoms with Crippen LogP contribution in [0.1, 0.15) is 23.0 Å². The highest BCUT2D eigenvalue weighted by molar-refractivity contribution is 7.99. The summed E-state index contributed by atoms with van der Waals surface area (Å²) in [6, 6.07) is 24.4. The van der Waals surface area contributed by atoms with E-state index < -0.39 is 12.0 Å². The highest BCUT2D eigenvalue weighted by Crippen LogP contribution is 2.27. The fraction of sp³-hybridized carbons (Fsp3) is 0.160. The second-order valence-electron chi connectivity index (χ2n) is 7.56. The molecular formula is C25H23ClN4O3S. The van der Waals surface area contributed by atoms with Gasteiger partial charge in [0.2, 0.25) is 0 Å². The Balaban J connectivity index is 1.57. The number of rotatable bonds is 10. The molecule has 4 rings (SSSR count). The van der Waals surface area contributed by atoms with Crippen LogP contribution in [0, 0.1) is 0 Å². The number of nitrogens with two attached hydrogens (primary N) is 1. The molecule has 0 spiro atoms. The molecule has 9 heteroatoms. The number of thioether (sulfide) groups is 1. The second kappa shape index (κ2) is 11.2. The summed E-state index contributed by atoms with van der Waals surface area (Å²) >= 11 is 7.08. The Kier molecular flexibility index (Phi) is 7.84. The second-order valence-corrected chi connectivity index (χ2v) is 8.94. The largest absolute Gasteiger partial charge is 0.489 e. The van der Waals surface area contributed by atoms with E-state index in [9.17, 15) is 4.79 Å². The van der Waals surface area contributed by atoms with Crippen LogP contribution >= 0.6 is 23.4 Å². The number of hydrogen-bond donors (Lipinski definition) is 2. The van der Waals surface area contributed by atoms with E-state index in [2.05, 4.69) is 10.2 Å². The number of aliphatic carboxylic acids is 1. The van der Waals surface area contributed by atoms with Gasteiger partial charge in [-0.2, -0.15) is 0 Å². The monoisotopic (exact) mass is 494 g/mol. The zero-order valence-electron chi connectivity index (χ0n) is 18.2. The molecule has 1 aromatic heterocycles. The highest BCUT2D eigenvalue weighted by Gasteiger charge is 2.21. The van der Waals surface area contributed by atoms with Gasteiger partial charge in [0.05, 0.1) is 11.8 Å². The molecule has 0 saturated heterocycles. The molecule has 0 aliphatic rings. The van der Waals surface area contributed by atoms with E-state index in [0.717, 1.165) is 28.6 Å². The molecule has 0 bridgehead atoms. The molecule has 0 aliphatic heterocycles. The summed E-state index contributed by atoms with van der Waals surface area (Å²) in [6.45, 7) is 0.462. The minimum atomic E-state index is -0.934. The summed E-state index contributed by atoms with van der Waals surface area (Å²) in [6.07, 6.45) is 0.525. The van der Waals surface area contributed by atoms with Gasteiger partial charge in [0.15, 0.2) is 11.0 Å². The number of ether oxygens (including phenoxy) is 1. The topological polar surface area (TPSA) is 103 Å². The van der Waals surface area contributed by atoms with Gasteiger partial charge in [0.1, 0.15) is 12.4 Å². The van der Waals surface area contributed by atoms with Crippen LogP contribution in [0.25, 0.3) is 5.69 Å². The highest BCUT2D eigenvalue weighted by atomic mass is 35.5. The van der Waals surface area contributed by atoms with Crippen molar-refractivity contribution in [2.24, 2.45) is 5.73 Å². The lowest BCUT2D eigenvalue weighted by Crippen LogP contribution is -2.19. The normalized spacial score (nSPS) is 11.8. The van der Waals surface area contributed by atoms with Crippen molar-refractivity contribution in [2.75, 3.05) is 5.75 Å². The summed E-state index contributed by atoms with van der Waals surface area (Å²) in [7, 11) is 0. The molecule has 34 heavy (non-hydrogen) atoms.